The van der Waals surface area contributed by atoms with Crippen LogP contribution in [0.15, 0.2) is 36.5 Å². The normalized spacial score (nSPS) is 10.1. The molecule has 3 nitrogen and oxygen atoms in total. The van der Waals surface area contributed by atoms with Crippen LogP contribution in [-0.2, 0) is 6.42 Å². The molecule has 3 heteroatoms. The third-order valence-corrected chi connectivity index (χ3v) is 2.44. The number of nitrogens with zero attached hydrogens (tertiary/aromatic N) is 2. The number of rotatable bonds is 3. The Balaban J connectivity index is 2.38. The van der Waals surface area contributed by atoms with Crippen molar-refractivity contribution < 1.29 is 4.79 Å². The molecular formula is C13H12N2O. The Bertz CT molecular complexity index is 492. The van der Waals surface area contributed by atoms with Crippen molar-refractivity contribution in [2.75, 3.05) is 0 Å². The van der Waals surface area contributed by atoms with E-state index in [2.05, 4.69) is 29.0 Å². The standard InChI is InChI=1S/C13H12N2O/c1-2-10-3-5-11(6-4-10)12-7-8-14-13(9-16)15-12/h3-9H,2H2,1H3. The van der Waals surface area contributed by atoms with E-state index in [1.54, 1.807) is 12.3 Å². The van der Waals surface area contributed by atoms with E-state index in [0.29, 0.717) is 6.29 Å². The first-order valence-corrected chi connectivity index (χ1v) is 5.21. The lowest BCUT2D eigenvalue weighted by Gasteiger charge is -2.02. The number of carbonyl (C=O) groups is 1. The summed E-state index contributed by atoms with van der Waals surface area (Å²) >= 11 is 0. The van der Waals surface area contributed by atoms with E-state index in [1.165, 1.54) is 5.56 Å². The topological polar surface area (TPSA) is 42.9 Å². The van der Waals surface area contributed by atoms with Gasteiger partial charge in [-0.3, -0.25) is 4.79 Å². The smallest absolute Gasteiger partial charge is 0.193 e. The van der Waals surface area contributed by atoms with E-state index in [4.69, 9.17) is 0 Å². The molecule has 1 heterocycles. The van der Waals surface area contributed by atoms with Crippen LogP contribution in [0.4, 0.5) is 0 Å². The lowest BCUT2D eigenvalue weighted by Crippen LogP contribution is -1.93. The second-order valence-corrected chi connectivity index (χ2v) is 3.47. The second kappa shape index (κ2) is 4.66. The number of benzene rings is 1. The van der Waals surface area contributed by atoms with Gasteiger partial charge in [0.25, 0.3) is 0 Å². The summed E-state index contributed by atoms with van der Waals surface area (Å²) in [5.74, 6) is 0.220. The second-order valence-electron chi connectivity index (χ2n) is 3.47. The molecule has 0 aliphatic heterocycles. The maximum Gasteiger partial charge on any atom is 0.193 e. The van der Waals surface area contributed by atoms with Crippen LogP contribution in [0.1, 0.15) is 23.1 Å². The lowest BCUT2D eigenvalue weighted by atomic mass is 10.1. The average molecular weight is 212 g/mol. The summed E-state index contributed by atoms with van der Waals surface area (Å²) in [5.41, 5.74) is 3.07. The quantitative estimate of drug-likeness (QED) is 0.734. The van der Waals surface area contributed by atoms with Crippen LogP contribution in [0.2, 0.25) is 0 Å². The molecule has 0 aliphatic rings. The zero-order chi connectivity index (χ0) is 11.4. The molecule has 0 bridgehead atoms. The number of hydrogen-bond donors (Lipinski definition) is 0. The molecule has 0 amide bonds. The number of hydrogen-bond acceptors (Lipinski definition) is 3. The van der Waals surface area contributed by atoms with Crippen LogP contribution >= 0.6 is 0 Å². The van der Waals surface area contributed by atoms with Crippen LogP contribution in [-0.4, -0.2) is 16.3 Å². The Hall–Kier alpha value is -2.03. The highest BCUT2D eigenvalue weighted by atomic mass is 16.1. The molecule has 0 saturated heterocycles. The Kier molecular flexibility index (Phi) is 3.05. The van der Waals surface area contributed by atoms with Crippen LogP contribution in [0.25, 0.3) is 11.3 Å². The Morgan fingerprint density at radius 3 is 2.56 bits per heavy atom. The predicted molar refractivity (Wildman–Crippen MR) is 62.2 cm³/mol. The van der Waals surface area contributed by atoms with Gasteiger partial charge in [0.1, 0.15) is 0 Å². The molecule has 0 atom stereocenters. The van der Waals surface area contributed by atoms with Gasteiger partial charge < -0.3 is 0 Å². The van der Waals surface area contributed by atoms with Gasteiger partial charge in [0.2, 0.25) is 0 Å². The number of aldehydes is 1. The first-order chi connectivity index (χ1) is 7.83. The van der Waals surface area contributed by atoms with Crippen molar-refractivity contribution in [3.8, 4) is 11.3 Å². The molecule has 0 N–H and O–H groups in total. The molecule has 2 aromatic rings. The minimum absolute atomic E-state index is 0.220. The van der Waals surface area contributed by atoms with Gasteiger partial charge in [-0.2, -0.15) is 0 Å². The van der Waals surface area contributed by atoms with Gasteiger partial charge in [-0.15, -0.1) is 0 Å². The number of aromatic nitrogens is 2. The Morgan fingerprint density at radius 2 is 1.94 bits per heavy atom. The molecule has 1 aromatic heterocycles. The molecule has 1 aromatic carbocycles. The van der Waals surface area contributed by atoms with Gasteiger partial charge >= 0.3 is 0 Å². The summed E-state index contributed by atoms with van der Waals surface area (Å²) in [6.45, 7) is 2.12. The number of aryl methyl sites for hydroxylation is 1. The minimum Gasteiger partial charge on any atom is -0.294 e. The molecule has 0 fully saturated rings. The number of carbonyl (C=O) groups excluding carboxylic acids is 1. The Labute approximate surface area is 94.2 Å². The summed E-state index contributed by atoms with van der Waals surface area (Å²) in [4.78, 5) is 18.5. The highest BCUT2D eigenvalue weighted by molar-refractivity contribution is 5.70. The maximum absolute atomic E-state index is 10.6. The SMILES string of the molecule is CCc1ccc(-c2ccnc(C=O)n2)cc1. The van der Waals surface area contributed by atoms with Crippen molar-refractivity contribution in [1.29, 1.82) is 0 Å². The summed E-state index contributed by atoms with van der Waals surface area (Å²) < 4.78 is 0. The molecule has 16 heavy (non-hydrogen) atoms. The van der Waals surface area contributed by atoms with Crippen LogP contribution in [0.5, 0.6) is 0 Å². The fraction of sp³-hybridized carbons (Fsp3) is 0.154. The fourth-order valence-electron chi connectivity index (χ4n) is 1.50. The third kappa shape index (κ3) is 2.14. The molecule has 0 aliphatic carbocycles. The Morgan fingerprint density at radius 1 is 1.19 bits per heavy atom. The van der Waals surface area contributed by atoms with E-state index in [0.717, 1.165) is 17.7 Å². The largest absolute Gasteiger partial charge is 0.294 e. The predicted octanol–water partition coefficient (Wildman–Crippen LogP) is 2.52. The fourth-order valence-corrected chi connectivity index (χ4v) is 1.50. The maximum atomic E-state index is 10.6. The van der Waals surface area contributed by atoms with Crippen LogP contribution in [0.3, 0.4) is 0 Å². The molecule has 0 spiro atoms. The molecule has 0 unspecified atom stereocenters. The van der Waals surface area contributed by atoms with Gasteiger partial charge in [0.15, 0.2) is 12.1 Å². The zero-order valence-corrected chi connectivity index (χ0v) is 9.05. The molecule has 0 radical (unpaired) electrons. The zero-order valence-electron chi connectivity index (χ0n) is 9.05. The molecular weight excluding hydrogens is 200 g/mol. The highest BCUT2D eigenvalue weighted by Gasteiger charge is 2.01. The minimum atomic E-state index is 0.220. The van der Waals surface area contributed by atoms with Crippen molar-refractivity contribution in [3.63, 3.8) is 0 Å². The lowest BCUT2D eigenvalue weighted by molar-refractivity contribution is 0.111. The molecule has 80 valence electrons. The average Bonchev–Trinajstić information content (AvgIpc) is 2.39. The van der Waals surface area contributed by atoms with E-state index in [1.807, 2.05) is 12.1 Å². The van der Waals surface area contributed by atoms with Crippen molar-refractivity contribution in [2.24, 2.45) is 0 Å². The molecule has 2 rings (SSSR count). The van der Waals surface area contributed by atoms with Crippen molar-refractivity contribution >= 4 is 6.29 Å². The van der Waals surface area contributed by atoms with Crippen molar-refractivity contribution in [1.82, 2.24) is 9.97 Å². The summed E-state index contributed by atoms with van der Waals surface area (Å²) in [6.07, 6.45) is 3.27. The third-order valence-electron chi connectivity index (χ3n) is 2.44. The summed E-state index contributed by atoms with van der Waals surface area (Å²) in [7, 11) is 0. The monoisotopic (exact) mass is 212 g/mol. The highest BCUT2D eigenvalue weighted by Crippen LogP contribution is 2.17. The summed E-state index contributed by atoms with van der Waals surface area (Å²) in [6, 6.07) is 9.95. The van der Waals surface area contributed by atoms with Crippen LogP contribution in [0, 0.1) is 0 Å². The van der Waals surface area contributed by atoms with Crippen LogP contribution < -0.4 is 0 Å². The first-order valence-electron chi connectivity index (χ1n) is 5.21. The van der Waals surface area contributed by atoms with Gasteiger partial charge in [0, 0.05) is 11.8 Å². The van der Waals surface area contributed by atoms with Gasteiger partial charge in [0.05, 0.1) is 5.69 Å². The van der Waals surface area contributed by atoms with E-state index in [-0.39, 0.29) is 5.82 Å². The summed E-state index contributed by atoms with van der Waals surface area (Å²) in [5, 5.41) is 0. The van der Waals surface area contributed by atoms with Gasteiger partial charge in [-0.05, 0) is 18.1 Å². The van der Waals surface area contributed by atoms with E-state index >= 15 is 0 Å². The van der Waals surface area contributed by atoms with E-state index in [9.17, 15) is 4.79 Å². The molecule has 0 saturated carbocycles. The van der Waals surface area contributed by atoms with Crippen molar-refractivity contribution in [3.05, 3.63) is 47.9 Å². The first kappa shape index (κ1) is 10.5. The van der Waals surface area contributed by atoms with E-state index < -0.39 is 0 Å². The van der Waals surface area contributed by atoms with Gasteiger partial charge in [-0.1, -0.05) is 31.2 Å². The van der Waals surface area contributed by atoms with Crippen molar-refractivity contribution in [2.45, 2.75) is 13.3 Å². The van der Waals surface area contributed by atoms with Gasteiger partial charge in [-0.25, -0.2) is 9.97 Å².